The molecule has 108 valence electrons. The second-order valence-electron chi connectivity index (χ2n) is 5.21. The van der Waals surface area contributed by atoms with Gasteiger partial charge in [0, 0.05) is 16.2 Å². The minimum atomic E-state index is -4.30. The molecule has 0 aromatic heterocycles. The maximum absolute atomic E-state index is 12.5. The topological polar surface area (TPSA) is 12.0 Å². The highest BCUT2D eigenvalue weighted by molar-refractivity contribution is 9.10. The Hall–Kier alpha value is -0.710. The summed E-state index contributed by atoms with van der Waals surface area (Å²) < 4.78 is 38.0. The van der Waals surface area contributed by atoms with Crippen LogP contribution in [0.15, 0.2) is 22.7 Å². The third kappa shape index (κ3) is 5.43. The van der Waals surface area contributed by atoms with Crippen LogP contribution in [0, 0.1) is 5.92 Å². The molecule has 0 fully saturated rings. The number of rotatable bonds is 5. The summed E-state index contributed by atoms with van der Waals surface area (Å²) in [5, 5.41) is 3.23. The van der Waals surface area contributed by atoms with Gasteiger partial charge >= 0.3 is 6.18 Å². The second kappa shape index (κ2) is 6.64. The molecule has 5 heteroatoms. The lowest BCUT2D eigenvalue weighted by molar-refractivity contribution is -0.137. The zero-order valence-corrected chi connectivity index (χ0v) is 12.9. The van der Waals surface area contributed by atoms with E-state index >= 15 is 0 Å². The average Bonchev–Trinajstić information content (AvgIpc) is 2.27. The fraction of sp³-hybridized carbons (Fsp3) is 0.571. The smallest absolute Gasteiger partial charge is 0.382 e. The first-order chi connectivity index (χ1) is 8.70. The van der Waals surface area contributed by atoms with Crippen LogP contribution in [0.3, 0.4) is 0 Å². The van der Waals surface area contributed by atoms with E-state index in [9.17, 15) is 13.2 Å². The molecule has 0 aliphatic rings. The number of alkyl halides is 3. The molecule has 19 heavy (non-hydrogen) atoms. The molecule has 1 nitrogen and oxygen atoms in total. The Kier molecular flexibility index (Phi) is 5.71. The van der Waals surface area contributed by atoms with E-state index in [1.165, 1.54) is 6.07 Å². The Morgan fingerprint density at radius 2 is 1.79 bits per heavy atom. The van der Waals surface area contributed by atoms with Crippen molar-refractivity contribution < 1.29 is 13.2 Å². The number of anilines is 1. The standard InChI is InChI=1S/C14H19BrF3N/c1-9(2)4-5-10(3)19-13-7-6-11(8-12(13)15)14(16,17)18/h6-10,19H,4-5H2,1-3H3. The molecule has 1 atom stereocenters. The Bertz CT molecular complexity index is 416. The second-order valence-corrected chi connectivity index (χ2v) is 6.06. The van der Waals surface area contributed by atoms with Gasteiger partial charge in [-0.05, 0) is 59.8 Å². The number of benzene rings is 1. The van der Waals surface area contributed by atoms with E-state index in [1.807, 2.05) is 6.92 Å². The van der Waals surface area contributed by atoms with Crippen molar-refractivity contribution in [2.75, 3.05) is 5.32 Å². The van der Waals surface area contributed by atoms with Crippen molar-refractivity contribution >= 4 is 21.6 Å². The summed E-state index contributed by atoms with van der Waals surface area (Å²) in [7, 11) is 0. The van der Waals surface area contributed by atoms with Gasteiger partial charge in [-0.25, -0.2) is 0 Å². The summed E-state index contributed by atoms with van der Waals surface area (Å²) in [5.74, 6) is 0.625. The first-order valence-corrected chi connectivity index (χ1v) is 7.12. The predicted octanol–water partition coefficient (Wildman–Crippen LogP) is 5.70. The molecular weight excluding hydrogens is 319 g/mol. The van der Waals surface area contributed by atoms with Gasteiger partial charge in [0.25, 0.3) is 0 Å². The van der Waals surface area contributed by atoms with Gasteiger partial charge < -0.3 is 5.32 Å². The Balaban J connectivity index is 2.70. The molecule has 0 aliphatic carbocycles. The van der Waals surface area contributed by atoms with E-state index in [0.717, 1.165) is 25.0 Å². The van der Waals surface area contributed by atoms with E-state index in [0.29, 0.717) is 16.1 Å². The average molecular weight is 338 g/mol. The Morgan fingerprint density at radius 3 is 2.26 bits per heavy atom. The third-order valence-corrected chi connectivity index (χ3v) is 3.53. The van der Waals surface area contributed by atoms with E-state index in [2.05, 4.69) is 35.1 Å². The molecule has 0 spiro atoms. The van der Waals surface area contributed by atoms with Crippen molar-refractivity contribution in [2.24, 2.45) is 5.92 Å². The van der Waals surface area contributed by atoms with Gasteiger partial charge in [0.2, 0.25) is 0 Å². The zero-order valence-electron chi connectivity index (χ0n) is 11.3. The SMILES string of the molecule is CC(C)CCC(C)Nc1ccc(C(F)(F)F)cc1Br. The van der Waals surface area contributed by atoms with Crippen LogP contribution in [0.25, 0.3) is 0 Å². The molecule has 1 N–H and O–H groups in total. The summed E-state index contributed by atoms with van der Waals surface area (Å²) in [5.41, 5.74) is 0.0593. The molecule has 0 amide bonds. The highest BCUT2D eigenvalue weighted by Crippen LogP contribution is 2.34. The van der Waals surface area contributed by atoms with E-state index in [4.69, 9.17) is 0 Å². The summed E-state index contributed by atoms with van der Waals surface area (Å²) >= 11 is 3.19. The largest absolute Gasteiger partial charge is 0.416 e. The number of nitrogens with one attached hydrogen (secondary N) is 1. The predicted molar refractivity (Wildman–Crippen MR) is 76.3 cm³/mol. The highest BCUT2D eigenvalue weighted by Gasteiger charge is 2.30. The van der Waals surface area contributed by atoms with E-state index < -0.39 is 11.7 Å². The lowest BCUT2D eigenvalue weighted by Gasteiger charge is -2.18. The van der Waals surface area contributed by atoms with Gasteiger partial charge in [-0.2, -0.15) is 13.2 Å². The van der Waals surface area contributed by atoms with Crippen molar-refractivity contribution in [3.05, 3.63) is 28.2 Å². The number of hydrogen-bond donors (Lipinski definition) is 1. The van der Waals surface area contributed by atoms with Crippen LogP contribution in [0.1, 0.15) is 39.2 Å². The molecule has 1 unspecified atom stereocenters. The first-order valence-electron chi connectivity index (χ1n) is 6.33. The molecule has 0 bridgehead atoms. The van der Waals surface area contributed by atoms with Gasteiger partial charge in [-0.3, -0.25) is 0 Å². The highest BCUT2D eigenvalue weighted by atomic mass is 79.9. The van der Waals surface area contributed by atoms with Crippen LogP contribution < -0.4 is 5.32 Å². The van der Waals surface area contributed by atoms with Crippen molar-refractivity contribution in [1.29, 1.82) is 0 Å². The normalized spacial score (nSPS) is 13.7. The summed E-state index contributed by atoms with van der Waals surface area (Å²) in [6.07, 6.45) is -2.22. The Morgan fingerprint density at radius 1 is 1.16 bits per heavy atom. The lowest BCUT2D eigenvalue weighted by Crippen LogP contribution is -2.16. The molecular formula is C14H19BrF3N. The van der Waals surface area contributed by atoms with Gasteiger partial charge in [0.1, 0.15) is 0 Å². The monoisotopic (exact) mass is 337 g/mol. The van der Waals surface area contributed by atoms with Crippen molar-refractivity contribution in [3.63, 3.8) is 0 Å². The fourth-order valence-electron chi connectivity index (χ4n) is 1.73. The maximum Gasteiger partial charge on any atom is 0.416 e. The van der Waals surface area contributed by atoms with Crippen LogP contribution in [0.4, 0.5) is 18.9 Å². The van der Waals surface area contributed by atoms with Crippen molar-refractivity contribution in [1.82, 2.24) is 0 Å². The molecule has 1 aromatic carbocycles. The quantitative estimate of drug-likeness (QED) is 0.726. The summed E-state index contributed by atoms with van der Waals surface area (Å²) in [6.45, 7) is 6.34. The summed E-state index contributed by atoms with van der Waals surface area (Å²) in [4.78, 5) is 0. The molecule has 0 heterocycles. The van der Waals surface area contributed by atoms with Gasteiger partial charge in [-0.15, -0.1) is 0 Å². The van der Waals surface area contributed by atoms with Gasteiger partial charge in [0.15, 0.2) is 0 Å². The van der Waals surface area contributed by atoms with Crippen LogP contribution in [0.5, 0.6) is 0 Å². The maximum atomic E-state index is 12.5. The minimum absolute atomic E-state index is 0.232. The molecule has 1 rings (SSSR count). The van der Waals surface area contributed by atoms with Crippen LogP contribution in [-0.2, 0) is 6.18 Å². The minimum Gasteiger partial charge on any atom is -0.382 e. The number of hydrogen-bond acceptors (Lipinski definition) is 1. The molecule has 0 saturated carbocycles. The molecule has 0 radical (unpaired) electrons. The van der Waals surface area contributed by atoms with Crippen molar-refractivity contribution in [3.8, 4) is 0 Å². The molecule has 1 aromatic rings. The van der Waals surface area contributed by atoms with Crippen LogP contribution in [0.2, 0.25) is 0 Å². The fourth-order valence-corrected chi connectivity index (χ4v) is 2.22. The first kappa shape index (κ1) is 16.3. The molecule has 0 aliphatic heterocycles. The number of halogens is 4. The third-order valence-electron chi connectivity index (χ3n) is 2.88. The van der Waals surface area contributed by atoms with Gasteiger partial charge in [0.05, 0.1) is 5.56 Å². The van der Waals surface area contributed by atoms with E-state index in [-0.39, 0.29) is 6.04 Å². The summed E-state index contributed by atoms with van der Waals surface area (Å²) in [6, 6.07) is 3.91. The van der Waals surface area contributed by atoms with Crippen LogP contribution >= 0.6 is 15.9 Å². The van der Waals surface area contributed by atoms with Crippen LogP contribution in [-0.4, -0.2) is 6.04 Å². The van der Waals surface area contributed by atoms with E-state index in [1.54, 1.807) is 0 Å². The zero-order chi connectivity index (χ0) is 14.6. The Labute approximate surface area is 120 Å². The van der Waals surface area contributed by atoms with Crippen molar-refractivity contribution in [2.45, 2.75) is 45.8 Å². The van der Waals surface area contributed by atoms with Gasteiger partial charge in [-0.1, -0.05) is 13.8 Å². The molecule has 0 saturated heterocycles. The lowest BCUT2D eigenvalue weighted by atomic mass is 10.0.